The zero-order valence-electron chi connectivity index (χ0n) is 17.6. The average molecular weight is 469 g/mol. The van der Waals surface area contributed by atoms with Crippen LogP contribution in [0.25, 0.3) is 5.57 Å². The van der Waals surface area contributed by atoms with E-state index in [-0.39, 0.29) is 24.8 Å². The maximum atomic E-state index is 13.2. The highest BCUT2D eigenvalue weighted by Crippen LogP contribution is 2.34. The number of carbonyl (C=O) groups is 2. The predicted octanol–water partition coefficient (Wildman–Crippen LogP) is 4.99. The molecule has 3 aromatic rings. The zero-order valence-corrected chi connectivity index (χ0v) is 19.1. The van der Waals surface area contributed by atoms with Crippen LogP contribution in [0, 0.1) is 6.92 Å². The van der Waals surface area contributed by atoms with Gasteiger partial charge >= 0.3 is 0 Å². The molecule has 0 aliphatic carbocycles. The second-order valence-corrected chi connectivity index (χ2v) is 8.41. The van der Waals surface area contributed by atoms with Gasteiger partial charge in [0.15, 0.2) is 0 Å². The third-order valence-corrected chi connectivity index (χ3v) is 6.40. The molecule has 0 saturated carbocycles. The number of amides is 2. The van der Waals surface area contributed by atoms with Crippen molar-refractivity contribution >= 4 is 46.0 Å². The molecular formula is C24H21ClN2O4S. The van der Waals surface area contributed by atoms with E-state index < -0.39 is 5.91 Å². The molecule has 2 aromatic carbocycles. The fraction of sp³-hybridized carbons (Fsp3) is 0.167. The van der Waals surface area contributed by atoms with Crippen LogP contribution in [0.5, 0.6) is 11.5 Å². The Bertz CT molecular complexity index is 1170. The number of nitrogens with one attached hydrogen (secondary N) is 1. The highest BCUT2D eigenvalue weighted by Gasteiger charge is 2.39. The van der Waals surface area contributed by atoms with E-state index in [0.29, 0.717) is 22.0 Å². The van der Waals surface area contributed by atoms with Gasteiger partial charge < -0.3 is 14.8 Å². The number of methoxy groups -OCH3 is 1. The van der Waals surface area contributed by atoms with Crippen LogP contribution < -0.4 is 14.8 Å². The fourth-order valence-electron chi connectivity index (χ4n) is 3.35. The van der Waals surface area contributed by atoms with Crippen molar-refractivity contribution in [1.29, 1.82) is 0 Å². The molecule has 0 atom stereocenters. The van der Waals surface area contributed by atoms with Gasteiger partial charge in [0, 0.05) is 15.6 Å². The number of hydrogen-bond acceptors (Lipinski definition) is 6. The summed E-state index contributed by atoms with van der Waals surface area (Å²) in [6.45, 7) is 2.15. The highest BCUT2D eigenvalue weighted by atomic mass is 35.5. The molecule has 0 unspecified atom stereocenters. The summed E-state index contributed by atoms with van der Waals surface area (Å²) in [4.78, 5) is 28.4. The lowest BCUT2D eigenvalue weighted by atomic mass is 10.1. The maximum Gasteiger partial charge on any atom is 0.278 e. The number of anilines is 1. The van der Waals surface area contributed by atoms with Gasteiger partial charge in [-0.15, -0.1) is 11.3 Å². The number of ether oxygens (including phenoxy) is 2. The first-order valence-electron chi connectivity index (χ1n) is 9.93. The standard InChI is InChI=1S/C24H21ClN2O4S/c1-15-18(25)5-3-6-19(15)26-22-21(20-7-4-14-32-20)23(28)27(24(22)29)12-13-31-17-10-8-16(30-2)9-11-17/h3-11,14,26H,12-13H2,1-2H3. The average Bonchev–Trinajstić information content (AvgIpc) is 3.40. The fourth-order valence-corrected chi connectivity index (χ4v) is 4.29. The Morgan fingerprint density at radius 1 is 1.00 bits per heavy atom. The van der Waals surface area contributed by atoms with Crippen LogP contribution >= 0.6 is 22.9 Å². The highest BCUT2D eigenvalue weighted by molar-refractivity contribution is 7.11. The van der Waals surface area contributed by atoms with E-state index in [1.165, 1.54) is 16.2 Å². The van der Waals surface area contributed by atoms with Crippen LogP contribution in [0.2, 0.25) is 5.02 Å². The number of carbonyl (C=O) groups excluding carboxylic acids is 2. The topological polar surface area (TPSA) is 67.9 Å². The lowest BCUT2D eigenvalue weighted by molar-refractivity contribution is -0.137. The molecular weight excluding hydrogens is 448 g/mol. The van der Waals surface area contributed by atoms with Gasteiger partial charge in [0.05, 0.1) is 19.2 Å². The van der Waals surface area contributed by atoms with Gasteiger partial charge in [-0.2, -0.15) is 0 Å². The van der Waals surface area contributed by atoms with Gasteiger partial charge in [0.25, 0.3) is 11.8 Å². The molecule has 2 amide bonds. The third-order valence-electron chi connectivity index (χ3n) is 5.11. The van der Waals surface area contributed by atoms with Gasteiger partial charge in [-0.25, -0.2) is 0 Å². The lowest BCUT2D eigenvalue weighted by Gasteiger charge is -2.16. The number of halogens is 1. The van der Waals surface area contributed by atoms with Gasteiger partial charge in [-0.1, -0.05) is 23.7 Å². The van der Waals surface area contributed by atoms with Crippen molar-refractivity contribution in [2.24, 2.45) is 0 Å². The normalized spacial score (nSPS) is 13.7. The Morgan fingerprint density at radius 3 is 2.44 bits per heavy atom. The van der Waals surface area contributed by atoms with Gasteiger partial charge in [-0.05, 0) is 60.3 Å². The lowest BCUT2D eigenvalue weighted by Crippen LogP contribution is -2.36. The van der Waals surface area contributed by atoms with E-state index in [4.69, 9.17) is 21.1 Å². The van der Waals surface area contributed by atoms with Gasteiger partial charge in [0.2, 0.25) is 0 Å². The van der Waals surface area contributed by atoms with E-state index in [9.17, 15) is 9.59 Å². The molecule has 1 aliphatic rings. The molecule has 0 bridgehead atoms. The van der Waals surface area contributed by atoms with Gasteiger partial charge in [-0.3, -0.25) is 14.5 Å². The number of imide groups is 1. The monoisotopic (exact) mass is 468 g/mol. The molecule has 6 nitrogen and oxygen atoms in total. The number of thiophene rings is 1. The Kier molecular flexibility index (Phi) is 6.48. The molecule has 0 fully saturated rings. The summed E-state index contributed by atoms with van der Waals surface area (Å²) in [5.41, 5.74) is 2.08. The van der Waals surface area contributed by atoms with Crippen LogP contribution in [0.3, 0.4) is 0 Å². The van der Waals surface area contributed by atoms with Crippen LogP contribution in [-0.4, -0.2) is 37.0 Å². The smallest absolute Gasteiger partial charge is 0.278 e. The van der Waals surface area contributed by atoms with E-state index in [1.807, 2.05) is 30.5 Å². The molecule has 164 valence electrons. The van der Waals surface area contributed by atoms with Crippen LogP contribution in [0.4, 0.5) is 5.69 Å². The van der Waals surface area contributed by atoms with Crippen molar-refractivity contribution in [1.82, 2.24) is 4.90 Å². The van der Waals surface area contributed by atoms with Crippen molar-refractivity contribution in [2.75, 3.05) is 25.6 Å². The summed E-state index contributed by atoms with van der Waals surface area (Å²) in [6, 6.07) is 16.2. The number of hydrogen-bond donors (Lipinski definition) is 1. The van der Waals surface area contributed by atoms with Gasteiger partial charge in [0.1, 0.15) is 23.8 Å². The molecule has 32 heavy (non-hydrogen) atoms. The van der Waals surface area contributed by atoms with Crippen molar-refractivity contribution < 1.29 is 19.1 Å². The summed E-state index contributed by atoms with van der Waals surface area (Å²) in [7, 11) is 1.59. The van der Waals surface area contributed by atoms with Crippen molar-refractivity contribution in [3.8, 4) is 11.5 Å². The van der Waals surface area contributed by atoms with Crippen molar-refractivity contribution in [2.45, 2.75) is 6.92 Å². The first kappa shape index (κ1) is 21.9. The van der Waals surface area contributed by atoms with E-state index >= 15 is 0 Å². The van der Waals surface area contributed by atoms with E-state index in [1.54, 1.807) is 43.5 Å². The third kappa shape index (κ3) is 4.35. The Balaban J connectivity index is 1.54. The maximum absolute atomic E-state index is 13.2. The SMILES string of the molecule is COc1ccc(OCCN2C(=O)C(Nc3cccc(Cl)c3C)=C(c3cccs3)C2=O)cc1. The van der Waals surface area contributed by atoms with Crippen molar-refractivity contribution in [3.05, 3.63) is 81.1 Å². The first-order valence-corrected chi connectivity index (χ1v) is 11.2. The summed E-state index contributed by atoms with van der Waals surface area (Å²) in [6.07, 6.45) is 0. The molecule has 0 saturated heterocycles. The molecule has 8 heteroatoms. The Labute approximate surface area is 195 Å². The predicted molar refractivity (Wildman–Crippen MR) is 126 cm³/mol. The molecule has 2 heterocycles. The zero-order chi connectivity index (χ0) is 22.7. The minimum absolute atomic E-state index is 0.123. The quantitative estimate of drug-likeness (QED) is 0.472. The second-order valence-electron chi connectivity index (χ2n) is 7.05. The molecule has 1 aliphatic heterocycles. The molecule has 4 rings (SSSR count). The number of nitrogens with zero attached hydrogens (tertiary/aromatic N) is 1. The summed E-state index contributed by atoms with van der Waals surface area (Å²) < 4.78 is 10.9. The summed E-state index contributed by atoms with van der Waals surface area (Å²) in [5.74, 6) is 0.609. The van der Waals surface area contributed by atoms with E-state index in [2.05, 4.69) is 5.32 Å². The largest absolute Gasteiger partial charge is 0.497 e. The van der Waals surface area contributed by atoms with Crippen molar-refractivity contribution in [3.63, 3.8) is 0 Å². The second kappa shape index (κ2) is 9.46. The molecule has 0 radical (unpaired) electrons. The van der Waals surface area contributed by atoms with Crippen LogP contribution in [0.15, 0.2) is 65.7 Å². The Morgan fingerprint density at radius 2 is 1.75 bits per heavy atom. The Hall–Kier alpha value is -3.29. The van der Waals surface area contributed by atoms with Crippen LogP contribution in [-0.2, 0) is 9.59 Å². The minimum atomic E-state index is -0.392. The molecule has 1 aromatic heterocycles. The summed E-state index contributed by atoms with van der Waals surface area (Å²) in [5, 5.41) is 5.61. The molecule has 1 N–H and O–H groups in total. The first-order chi connectivity index (χ1) is 15.5. The number of rotatable bonds is 8. The van der Waals surface area contributed by atoms with Crippen LogP contribution in [0.1, 0.15) is 10.4 Å². The van der Waals surface area contributed by atoms with E-state index in [0.717, 1.165) is 16.2 Å². The summed E-state index contributed by atoms with van der Waals surface area (Å²) >= 11 is 7.64. The molecule has 0 spiro atoms. The number of benzene rings is 2. The minimum Gasteiger partial charge on any atom is -0.497 e.